The van der Waals surface area contributed by atoms with Gasteiger partial charge in [0.1, 0.15) is 11.1 Å². The Kier molecular flexibility index (Phi) is 9.63. The molecule has 0 aromatic carbocycles. The van der Waals surface area contributed by atoms with Gasteiger partial charge in [0.25, 0.3) is 0 Å². The zero-order valence-corrected chi connectivity index (χ0v) is 10.6. The minimum atomic E-state index is -0.514. The maximum Gasteiger partial charge on any atom is 0.104 e. The first-order chi connectivity index (χ1) is 3.18. The van der Waals surface area contributed by atoms with Crippen molar-refractivity contribution in [2.45, 2.75) is 13.0 Å². The molecule has 0 fully saturated rings. The topological polar surface area (TPSA) is 32.3 Å². The average molecular weight is 346 g/mol. The number of rotatable bonds is 1. The zero-order valence-electron chi connectivity index (χ0n) is 5.01. The van der Waals surface area contributed by atoms with E-state index in [-0.39, 0.29) is 44.1 Å². The van der Waals surface area contributed by atoms with Crippen molar-refractivity contribution < 1.29 is 49.2 Å². The number of aliphatic hydroxyl groups is 1. The van der Waals surface area contributed by atoms with E-state index in [1.165, 1.54) is 0 Å². The summed E-state index contributed by atoms with van der Waals surface area (Å²) in [5.41, 5.74) is 0. The minimum absolute atomic E-state index is 0. The Balaban J connectivity index is 0. The molecular formula is C4H9AcNOS. The van der Waals surface area contributed by atoms with Gasteiger partial charge in [-0.05, 0) is 6.92 Å². The number of thiocarbonyl (C=S) groups is 1. The van der Waals surface area contributed by atoms with E-state index >= 15 is 0 Å². The van der Waals surface area contributed by atoms with Crippen LogP contribution < -0.4 is 5.32 Å². The van der Waals surface area contributed by atoms with E-state index in [1.807, 2.05) is 0 Å². The summed E-state index contributed by atoms with van der Waals surface area (Å²) in [6.45, 7) is 1.62. The second kappa shape index (κ2) is 6.41. The molecule has 0 aromatic rings. The second-order valence-electron chi connectivity index (χ2n) is 1.29. The van der Waals surface area contributed by atoms with Crippen molar-refractivity contribution in [2.75, 3.05) is 7.05 Å². The van der Waals surface area contributed by atoms with Crippen LogP contribution in [0.1, 0.15) is 6.92 Å². The number of aliphatic hydroxyl groups excluding tert-OH is 1. The van der Waals surface area contributed by atoms with Crippen LogP contribution in [0.3, 0.4) is 0 Å². The third-order valence-electron chi connectivity index (χ3n) is 0.626. The summed E-state index contributed by atoms with van der Waals surface area (Å²) in [5, 5.41) is 11.3. The third-order valence-corrected chi connectivity index (χ3v) is 1.17. The normalized spacial score (nSPS) is 11.4. The van der Waals surface area contributed by atoms with Crippen molar-refractivity contribution in [3.05, 3.63) is 0 Å². The van der Waals surface area contributed by atoms with E-state index in [0.717, 1.165) is 0 Å². The molecule has 2 N–H and O–H groups in total. The zero-order chi connectivity index (χ0) is 5.86. The molecule has 0 aliphatic heterocycles. The molecule has 0 heterocycles. The average Bonchev–Trinajstić information content (AvgIpc) is 1.65. The molecule has 0 spiro atoms. The van der Waals surface area contributed by atoms with Crippen LogP contribution in [0.4, 0.5) is 0 Å². The Morgan fingerprint density at radius 1 is 1.75 bits per heavy atom. The summed E-state index contributed by atoms with van der Waals surface area (Å²) in [5.74, 6) is 0. The molecule has 0 amide bonds. The van der Waals surface area contributed by atoms with Crippen LogP contribution in [0, 0.1) is 44.1 Å². The smallest absolute Gasteiger partial charge is 0.104 e. The van der Waals surface area contributed by atoms with Gasteiger partial charge in [-0.15, -0.1) is 0 Å². The summed E-state index contributed by atoms with van der Waals surface area (Å²) in [6, 6.07) is 0. The van der Waals surface area contributed by atoms with Gasteiger partial charge in [-0.1, -0.05) is 12.2 Å². The van der Waals surface area contributed by atoms with Crippen molar-refractivity contribution in [3.63, 3.8) is 0 Å². The number of likely N-dealkylation sites (N-methyl/N-ethyl adjacent to an activating group) is 1. The van der Waals surface area contributed by atoms with E-state index in [4.69, 9.17) is 5.11 Å². The number of hydrogen-bond acceptors (Lipinski definition) is 2. The molecule has 2 nitrogen and oxygen atoms in total. The van der Waals surface area contributed by atoms with Crippen LogP contribution in [0.15, 0.2) is 0 Å². The van der Waals surface area contributed by atoms with Crippen molar-refractivity contribution in [1.82, 2.24) is 5.32 Å². The second-order valence-corrected chi connectivity index (χ2v) is 1.73. The first-order valence-corrected chi connectivity index (χ1v) is 2.49. The molecule has 0 aliphatic carbocycles. The van der Waals surface area contributed by atoms with Crippen LogP contribution in [-0.2, 0) is 0 Å². The summed E-state index contributed by atoms with van der Waals surface area (Å²) in [4.78, 5) is 0.486. The summed E-state index contributed by atoms with van der Waals surface area (Å²) in [7, 11) is 1.69. The van der Waals surface area contributed by atoms with Crippen molar-refractivity contribution in [1.29, 1.82) is 0 Å². The van der Waals surface area contributed by atoms with Gasteiger partial charge in [0, 0.05) is 51.1 Å². The Morgan fingerprint density at radius 2 is 2.12 bits per heavy atom. The van der Waals surface area contributed by atoms with Gasteiger partial charge in [-0.3, -0.25) is 0 Å². The fourth-order valence-corrected chi connectivity index (χ4v) is 0.209. The molecule has 1 atom stereocenters. The van der Waals surface area contributed by atoms with E-state index in [0.29, 0.717) is 4.99 Å². The molecule has 8 heavy (non-hydrogen) atoms. The van der Waals surface area contributed by atoms with Crippen molar-refractivity contribution in [2.24, 2.45) is 0 Å². The SMILES string of the molecule is CNC(=S)C(C)O.[Ac]. The molecule has 45 valence electrons. The van der Waals surface area contributed by atoms with Crippen LogP contribution in [0.2, 0.25) is 0 Å². The van der Waals surface area contributed by atoms with Gasteiger partial charge >= 0.3 is 0 Å². The van der Waals surface area contributed by atoms with Gasteiger partial charge in [0.05, 0.1) is 0 Å². The molecule has 1 unspecified atom stereocenters. The van der Waals surface area contributed by atoms with E-state index < -0.39 is 6.10 Å². The van der Waals surface area contributed by atoms with Crippen LogP contribution in [0.5, 0.6) is 0 Å². The largest absolute Gasteiger partial charge is 0.386 e. The van der Waals surface area contributed by atoms with Gasteiger partial charge in [-0.2, -0.15) is 0 Å². The Hall–Kier alpha value is 1.29. The van der Waals surface area contributed by atoms with Gasteiger partial charge in [-0.25, -0.2) is 0 Å². The molecule has 0 rings (SSSR count). The molecule has 4 heteroatoms. The molecule has 0 aromatic heterocycles. The fraction of sp³-hybridized carbons (Fsp3) is 0.750. The molecule has 0 saturated carbocycles. The van der Waals surface area contributed by atoms with E-state index in [1.54, 1.807) is 14.0 Å². The first kappa shape index (κ1) is 12.0. The number of hydrogen-bond donors (Lipinski definition) is 2. The van der Waals surface area contributed by atoms with Crippen LogP contribution in [-0.4, -0.2) is 23.2 Å². The molecule has 0 aliphatic rings. The molecular weight excluding hydrogens is 337 g/mol. The first-order valence-electron chi connectivity index (χ1n) is 2.08. The molecule has 0 saturated heterocycles. The van der Waals surface area contributed by atoms with Crippen LogP contribution >= 0.6 is 12.2 Å². The van der Waals surface area contributed by atoms with Crippen LogP contribution in [0.25, 0.3) is 0 Å². The Morgan fingerprint density at radius 3 is 2.12 bits per heavy atom. The van der Waals surface area contributed by atoms with Crippen molar-refractivity contribution in [3.8, 4) is 0 Å². The summed E-state index contributed by atoms with van der Waals surface area (Å²) < 4.78 is 0. The van der Waals surface area contributed by atoms with Gasteiger partial charge < -0.3 is 10.4 Å². The Labute approximate surface area is 90.6 Å². The predicted octanol–water partition coefficient (Wildman–Crippen LogP) is -0.0860. The van der Waals surface area contributed by atoms with Crippen molar-refractivity contribution >= 4 is 17.2 Å². The Bertz CT molecular complexity index is 76.4. The summed E-state index contributed by atoms with van der Waals surface area (Å²) in [6.07, 6.45) is -0.514. The minimum Gasteiger partial charge on any atom is -0.386 e. The molecule has 1 radical (unpaired) electrons. The predicted molar refractivity (Wildman–Crippen MR) is 33.3 cm³/mol. The van der Waals surface area contributed by atoms with Gasteiger partial charge in [0.2, 0.25) is 0 Å². The monoisotopic (exact) mass is 346 g/mol. The standard InChI is InChI=1S/C4H9NOS.Ac/c1-3(6)4(7)5-2;/h3,6H,1-2H3,(H,5,7);. The van der Waals surface area contributed by atoms with Gasteiger partial charge in [0.15, 0.2) is 0 Å². The van der Waals surface area contributed by atoms with E-state index in [2.05, 4.69) is 17.5 Å². The molecule has 0 bridgehead atoms. The summed E-state index contributed by atoms with van der Waals surface area (Å²) >= 11 is 4.62. The third kappa shape index (κ3) is 5.43. The number of nitrogens with one attached hydrogen (secondary N) is 1. The quantitative estimate of drug-likeness (QED) is 0.652. The maximum atomic E-state index is 8.62. The fourth-order valence-electron chi connectivity index (χ4n) is 0.209. The van der Waals surface area contributed by atoms with E-state index in [9.17, 15) is 0 Å². The maximum absolute atomic E-state index is 8.62.